The van der Waals surface area contributed by atoms with Crippen LogP contribution >= 0.6 is 0 Å². The van der Waals surface area contributed by atoms with Crippen molar-refractivity contribution in [2.75, 3.05) is 38.2 Å². The smallest absolute Gasteiger partial charge is 0.412 e. The average molecular weight is 536 g/mol. The molecule has 0 aromatic heterocycles. The first-order valence-electron chi connectivity index (χ1n) is 13.8. The Morgan fingerprint density at radius 1 is 1.13 bits per heavy atom. The fourth-order valence-corrected chi connectivity index (χ4v) is 5.42. The number of carbonyl (C=O) groups is 1. The van der Waals surface area contributed by atoms with Crippen LogP contribution in [0.25, 0.3) is 0 Å². The highest BCUT2D eigenvalue weighted by Crippen LogP contribution is 2.47. The standard InChI is InChI=1S/C27H41N3O8/c1-4-5-6-7-10-17-34-19-27-24(37-26(2,3)38-27)23(22(36-27)18-29-15-8-9-16-29)35-25(31)28-20-11-13-21(14-12-20)30(32)33/h11-14,22-24H,4-10,15-19H2,1-3H3,(H,28,31). The summed E-state index contributed by atoms with van der Waals surface area (Å²) in [5, 5.41) is 13.6. The number of likely N-dealkylation sites (tertiary alicyclic amines) is 1. The Morgan fingerprint density at radius 3 is 2.53 bits per heavy atom. The summed E-state index contributed by atoms with van der Waals surface area (Å²) in [6.45, 7) is 9.08. The van der Waals surface area contributed by atoms with Gasteiger partial charge in [0.25, 0.3) is 5.69 Å². The van der Waals surface area contributed by atoms with E-state index in [0.717, 1.165) is 38.8 Å². The SMILES string of the molecule is CCCCCCCOCC12OC(CN3CCCC3)C(OC(=O)Nc3ccc([N+](=O)[O-])cc3)C1OC(C)(C)O2. The minimum absolute atomic E-state index is 0.0623. The lowest BCUT2D eigenvalue weighted by Gasteiger charge is -2.30. The van der Waals surface area contributed by atoms with Crippen molar-refractivity contribution in [3.63, 3.8) is 0 Å². The zero-order valence-corrected chi connectivity index (χ0v) is 22.7. The number of nitrogens with one attached hydrogen (secondary N) is 1. The molecular formula is C27H41N3O8. The van der Waals surface area contributed by atoms with Crippen LogP contribution in [0.15, 0.2) is 24.3 Å². The van der Waals surface area contributed by atoms with Crippen LogP contribution in [-0.4, -0.2) is 78.7 Å². The summed E-state index contributed by atoms with van der Waals surface area (Å²) < 4.78 is 31.1. The number of nitro groups is 1. The third kappa shape index (κ3) is 7.20. The molecule has 4 atom stereocenters. The third-order valence-electron chi connectivity index (χ3n) is 7.18. The fourth-order valence-electron chi connectivity index (χ4n) is 5.42. The van der Waals surface area contributed by atoms with E-state index in [-0.39, 0.29) is 12.3 Å². The fraction of sp³-hybridized carbons (Fsp3) is 0.741. The topological polar surface area (TPSA) is 122 Å². The van der Waals surface area contributed by atoms with Crippen molar-refractivity contribution in [1.29, 1.82) is 0 Å². The number of amides is 1. The molecule has 0 aliphatic carbocycles. The van der Waals surface area contributed by atoms with Gasteiger partial charge in [-0.1, -0.05) is 32.6 Å². The van der Waals surface area contributed by atoms with Gasteiger partial charge in [0, 0.05) is 31.0 Å². The second-order valence-corrected chi connectivity index (χ2v) is 10.8. The number of rotatable bonds is 13. The number of non-ortho nitro benzene ring substituents is 1. The molecule has 4 unspecified atom stereocenters. The van der Waals surface area contributed by atoms with Crippen LogP contribution in [0.2, 0.25) is 0 Å². The molecule has 38 heavy (non-hydrogen) atoms. The summed E-state index contributed by atoms with van der Waals surface area (Å²) in [6, 6.07) is 5.57. The van der Waals surface area contributed by atoms with Crippen molar-refractivity contribution >= 4 is 17.5 Å². The van der Waals surface area contributed by atoms with Gasteiger partial charge in [0.05, 0.1) is 4.92 Å². The first kappa shape index (κ1) is 28.7. The Labute approximate surface area is 224 Å². The number of carbonyl (C=O) groups excluding carboxylic acids is 1. The maximum atomic E-state index is 12.9. The second kappa shape index (κ2) is 12.7. The molecule has 1 aromatic rings. The molecule has 0 spiro atoms. The predicted octanol–water partition coefficient (Wildman–Crippen LogP) is 4.84. The van der Waals surface area contributed by atoms with Crippen LogP contribution in [0.4, 0.5) is 16.2 Å². The quantitative estimate of drug-likeness (QED) is 0.215. The Kier molecular flexibility index (Phi) is 9.59. The molecule has 1 aromatic carbocycles. The van der Waals surface area contributed by atoms with E-state index in [0.29, 0.717) is 18.8 Å². The Morgan fingerprint density at radius 2 is 1.84 bits per heavy atom. The number of unbranched alkanes of at least 4 members (excludes halogenated alkanes) is 4. The molecule has 212 valence electrons. The van der Waals surface area contributed by atoms with Gasteiger partial charge >= 0.3 is 6.09 Å². The van der Waals surface area contributed by atoms with Crippen molar-refractivity contribution in [2.24, 2.45) is 0 Å². The molecule has 11 heteroatoms. The second-order valence-electron chi connectivity index (χ2n) is 10.8. The number of ether oxygens (including phenoxy) is 5. The van der Waals surface area contributed by atoms with Crippen LogP contribution < -0.4 is 5.32 Å². The van der Waals surface area contributed by atoms with Crippen LogP contribution in [0.1, 0.15) is 65.7 Å². The molecular weight excluding hydrogens is 494 g/mol. The van der Waals surface area contributed by atoms with E-state index in [9.17, 15) is 14.9 Å². The Hall–Kier alpha value is -2.31. The predicted molar refractivity (Wildman–Crippen MR) is 140 cm³/mol. The summed E-state index contributed by atoms with van der Waals surface area (Å²) in [6.07, 6.45) is 5.34. The van der Waals surface area contributed by atoms with E-state index in [1.807, 2.05) is 13.8 Å². The van der Waals surface area contributed by atoms with Gasteiger partial charge < -0.3 is 28.6 Å². The van der Waals surface area contributed by atoms with Crippen molar-refractivity contribution in [3.05, 3.63) is 34.4 Å². The van der Waals surface area contributed by atoms with Gasteiger partial charge in [0.15, 0.2) is 18.0 Å². The van der Waals surface area contributed by atoms with Crippen molar-refractivity contribution in [3.8, 4) is 0 Å². The number of hydrogen-bond acceptors (Lipinski definition) is 9. The van der Waals surface area contributed by atoms with Crippen molar-refractivity contribution < 1.29 is 33.4 Å². The molecule has 3 heterocycles. The maximum absolute atomic E-state index is 12.9. The van der Waals surface area contributed by atoms with Crippen LogP contribution in [-0.2, 0) is 23.7 Å². The third-order valence-corrected chi connectivity index (χ3v) is 7.18. The lowest BCUT2D eigenvalue weighted by atomic mass is 10.0. The van der Waals surface area contributed by atoms with Gasteiger partial charge in [-0.15, -0.1) is 0 Å². The zero-order valence-electron chi connectivity index (χ0n) is 22.7. The lowest BCUT2D eigenvalue weighted by molar-refractivity contribution is -0.384. The molecule has 1 amide bonds. The van der Waals surface area contributed by atoms with Crippen LogP contribution in [0, 0.1) is 10.1 Å². The first-order valence-corrected chi connectivity index (χ1v) is 13.8. The molecule has 0 bridgehead atoms. The molecule has 11 nitrogen and oxygen atoms in total. The number of anilines is 1. The summed E-state index contributed by atoms with van der Waals surface area (Å²) in [7, 11) is 0. The number of nitrogens with zero attached hydrogens (tertiary/aromatic N) is 2. The molecule has 1 N–H and O–H groups in total. The highest BCUT2D eigenvalue weighted by molar-refractivity contribution is 5.84. The monoisotopic (exact) mass is 535 g/mol. The molecule has 0 radical (unpaired) electrons. The summed E-state index contributed by atoms with van der Waals surface area (Å²) in [5.74, 6) is -2.13. The average Bonchev–Trinajstić information content (AvgIpc) is 3.53. The number of hydrogen-bond donors (Lipinski definition) is 1. The Balaban J connectivity index is 1.44. The van der Waals surface area contributed by atoms with E-state index < -0.39 is 40.9 Å². The minimum Gasteiger partial charge on any atom is -0.440 e. The van der Waals surface area contributed by atoms with Crippen molar-refractivity contribution in [1.82, 2.24) is 4.90 Å². The van der Waals surface area contributed by atoms with Crippen molar-refractivity contribution in [2.45, 2.75) is 95.6 Å². The zero-order chi connectivity index (χ0) is 27.2. The number of nitro benzene ring substituents is 1. The first-order chi connectivity index (χ1) is 18.2. The normalized spacial score (nSPS) is 28.3. The number of fused-ring (bicyclic) bond motifs is 1. The van der Waals surface area contributed by atoms with E-state index in [4.69, 9.17) is 23.7 Å². The lowest BCUT2D eigenvalue weighted by Crippen LogP contribution is -2.46. The largest absolute Gasteiger partial charge is 0.440 e. The summed E-state index contributed by atoms with van der Waals surface area (Å²) >= 11 is 0. The molecule has 4 rings (SSSR count). The van der Waals surface area contributed by atoms with E-state index >= 15 is 0 Å². The molecule has 3 saturated heterocycles. The van der Waals surface area contributed by atoms with Gasteiger partial charge in [-0.2, -0.15) is 0 Å². The van der Waals surface area contributed by atoms with E-state index in [1.165, 1.54) is 43.5 Å². The van der Waals surface area contributed by atoms with E-state index in [1.54, 1.807) is 0 Å². The Bertz CT molecular complexity index is 937. The van der Waals surface area contributed by atoms with Gasteiger partial charge in [-0.3, -0.25) is 15.4 Å². The highest BCUT2D eigenvalue weighted by Gasteiger charge is 2.66. The maximum Gasteiger partial charge on any atom is 0.412 e. The van der Waals surface area contributed by atoms with Gasteiger partial charge in [0.1, 0.15) is 12.7 Å². The highest BCUT2D eigenvalue weighted by atomic mass is 16.9. The molecule has 3 aliphatic rings. The van der Waals surface area contributed by atoms with Crippen LogP contribution in [0.3, 0.4) is 0 Å². The van der Waals surface area contributed by atoms with Gasteiger partial charge in [-0.25, -0.2) is 4.79 Å². The van der Waals surface area contributed by atoms with Crippen LogP contribution in [0.5, 0.6) is 0 Å². The molecule has 3 fully saturated rings. The van der Waals surface area contributed by atoms with Gasteiger partial charge in [0.2, 0.25) is 5.79 Å². The molecule has 3 aliphatic heterocycles. The summed E-state index contributed by atoms with van der Waals surface area (Å²) in [5.41, 5.74) is 0.324. The molecule has 0 saturated carbocycles. The minimum atomic E-state index is -1.18. The summed E-state index contributed by atoms with van der Waals surface area (Å²) in [4.78, 5) is 25.7. The number of benzene rings is 1. The van der Waals surface area contributed by atoms with E-state index in [2.05, 4.69) is 17.1 Å². The van der Waals surface area contributed by atoms with Gasteiger partial charge in [-0.05, 0) is 58.3 Å².